The second kappa shape index (κ2) is 8.20. The molecule has 2 aliphatic rings. The zero-order valence-corrected chi connectivity index (χ0v) is 17.1. The van der Waals surface area contributed by atoms with E-state index in [1.54, 1.807) is 0 Å². The molecule has 0 atom stereocenters. The molecule has 30 heavy (non-hydrogen) atoms. The largest absolute Gasteiger partial charge is 0.486 e. The Hall–Kier alpha value is -3.32. The van der Waals surface area contributed by atoms with Crippen LogP contribution in [0.25, 0.3) is 16.9 Å². The van der Waals surface area contributed by atoms with Gasteiger partial charge in [-0.15, -0.1) is 0 Å². The first kappa shape index (κ1) is 18.7. The summed E-state index contributed by atoms with van der Waals surface area (Å²) in [5.74, 6) is 1.54. The second-order valence-corrected chi connectivity index (χ2v) is 7.57. The fraction of sp³-hybridized carbons (Fsp3) is 0.304. The van der Waals surface area contributed by atoms with Crippen LogP contribution in [0.5, 0.6) is 11.5 Å². The predicted octanol–water partition coefficient (Wildman–Crippen LogP) is 2.89. The van der Waals surface area contributed by atoms with E-state index < -0.39 is 0 Å². The molecule has 0 aliphatic carbocycles. The number of aromatic nitrogens is 2. The SMILES string of the molecule is CN1CCN(/N=C\c2cn(-c3ccccc3)nc2-c2ccc3c(c2)OCCO3)CC1. The van der Waals surface area contributed by atoms with Gasteiger partial charge in [-0.05, 0) is 37.4 Å². The van der Waals surface area contributed by atoms with Gasteiger partial charge in [-0.1, -0.05) is 18.2 Å². The maximum Gasteiger partial charge on any atom is 0.162 e. The van der Waals surface area contributed by atoms with Crippen molar-refractivity contribution in [1.82, 2.24) is 19.7 Å². The number of rotatable bonds is 4. The van der Waals surface area contributed by atoms with Gasteiger partial charge in [0, 0.05) is 43.5 Å². The van der Waals surface area contributed by atoms with Gasteiger partial charge >= 0.3 is 0 Å². The molecule has 0 N–H and O–H groups in total. The number of hydrogen-bond acceptors (Lipinski definition) is 6. The van der Waals surface area contributed by atoms with Crippen LogP contribution in [0.2, 0.25) is 0 Å². The molecule has 2 aromatic carbocycles. The molecule has 1 saturated heterocycles. The van der Waals surface area contributed by atoms with Gasteiger partial charge in [0.25, 0.3) is 0 Å². The number of nitrogens with zero attached hydrogens (tertiary/aromatic N) is 5. The monoisotopic (exact) mass is 403 g/mol. The molecule has 0 spiro atoms. The van der Waals surface area contributed by atoms with Crippen molar-refractivity contribution in [3.05, 3.63) is 60.3 Å². The molecule has 1 fully saturated rings. The number of benzene rings is 2. The van der Waals surface area contributed by atoms with Gasteiger partial charge in [-0.2, -0.15) is 10.2 Å². The molecular formula is C23H25N5O2. The average Bonchev–Trinajstić information content (AvgIpc) is 3.23. The van der Waals surface area contributed by atoms with Crippen LogP contribution >= 0.6 is 0 Å². The Balaban J connectivity index is 1.51. The second-order valence-electron chi connectivity index (χ2n) is 7.57. The number of para-hydroxylation sites is 1. The van der Waals surface area contributed by atoms with Crippen molar-refractivity contribution in [2.75, 3.05) is 46.4 Å². The Morgan fingerprint density at radius 2 is 1.70 bits per heavy atom. The number of piperazine rings is 1. The Morgan fingerprint density at radius 1 is 0.933 bits per heavy atom. The highest BCUT2D eigenvalue weighted by Gasteiger charge is 2.17. The van der Waals surface area contributed by atoms with Gasteiger partial charge in [0.1, 0.15) is 18.9 Å². The molecule has 5 rings (SSSR count). The quantitative estimate of drug-likeness (QED) is 0.627. The highest BCUT2D eigenvalue weighted by Crippen LogP contribution is 2.35. The van der Waals surface area contributed by atoms with Gasteiger partial charge in [0.15, 0.2) is 11.5 Å². The van der Waals surface area contributed by atoms with Gasteiger partial charge in [0.05, 0.1) is 11.9 Å². The Morgan fingerprint density at radius 3 is 2.50 bits per heavy atom. The Kier molecular flexibility index (Phi) is 5.11. The molecule has 7 heteroatoms. The van der Waals surface area contributed by atoms with Gasteiger partial charge in [0.2, 0.25) is 0 Å². The lowest BCUT2D eigenvalue weighted by Gasteiger charge is -2.30. The summed E-state index contributed by atoms with van der Waals surface area (Å²) < 4.78 is 13.3. The molecule has 0 bridgehead atoms. The van der Waals surface area contributed by atoms with Crippen LogP contribution < -0.4 is 9.47 Å². The molecule has 2 aliphatic heterocycles. The molecule has 0 radical (unpaired) electrons. The molecule has 0 saturated carbocycles. The minimum Gasteiger partial charge on any atom is -0.486 e. The van der Waals surface area contributed by atoms with Crippen molar-refractivity contribution in [3.63, 3.8) is 0 Å². The standard InChI is InChI=1S/C23H25N5O2/c1-26-9-11-27(12-10-26)24-16-19-17-28(20-5-3-2-4-6-20)25-23(19)18-7-8-21-22(15-18)30-14-13-29-21/h2-8,15-17H,9-14H2,1H3/b24-16-. The van der Waals surface area contributed by atoms with Crippen LogP contribution in [0.3, 0.4) is 0 Å². The summed E-state index contributed by atoms with van der Waals surface area (Å²) >= 11 is 0. The lowest BCUT2D eigenvalue weighted by atomic mass is 10.1. The van der Waals surface area contributed by atoms with Crippen LogP contribution in [0.15, 0.2) is 59.8 Å². The molecule has 154 valence electrons. The third-order valence-corrected chi connectivity index (χ3v) is 5.42. The topological polar surface area (TPSA) is 55.1 Å². The van der Waals surface area contributed by atoms with Crippen LogP contribution in [-0.4, -0.2) is 72.3 Å². The van der Waals surface area contributed by atoms with Crippen molar-refractivity contribution in [2.45, 2.75) is 0 Å². The highest BCUT2D eigenvalue weighted by molar-refractivity contribution is 5.89. The third kappa shape index (κ3) is 3.89. The third-order valence-electron chi connectivity index (χ3n) is 5.42. The van der Waals surface area contributed by atoms with Crippen molar-refractivity contribution in [1.29, 1.82) is 0 Å². The molecular weight excluding hydrogens is 378 g/mol. The van der Waals surface area contributed by atoms with E-state index in [-0.39, 0.29) is 0 Å². The summed E-state index contributed by atoms with van der Waals surface area (Å²) in [4.78, 5) is 2.32. The van der Waals surface area contributed by atoms with E-state index in [1.165, 1.54) is 0 Å². The van der Waals surface area contributed by atoms with E-state index in [1.807, 2.05) is 65.6 Å². The highest BCUT2D eigenvalue weighted by atomic mass is 16.6. The lowest BCUT2D eigenvalue weighted by Crippen LogP contribution is -2.41. The fourth-order valence-electron chi connectivity index (χ4n) is 3.66. The minimum absolute atomic E-state index is 0.562. The Bertz CT molecular complexity index is 1040. The number of hydrazone groups is 1. The summed E-state index contributed by atoms with van der Waals surface area (Å²) in [5, 5.41) is 11.7. The van der Waals surface area contributed by atoms with E-state index in [2.05, 4.69) is 17.0 Å². The summed E-state index contributed by atoms with van der Waals surface area (Å²) in [6.45, 7) is 5.05. The van der Waals surface area contributed by atoms with Crippen molar-refractivity contribution in [3.8, 4) is 28.4 Å². The first-order chi connectivity index (χ1) is 14.8. The van der Waals surface area contributed by atoms with Crippen LogP contribution in [0, 0.1) is 0 Å². The molecule has 0 unspecified atom stereocenters. The summed E-state index contributed by atoms with van der Waals surface area (Å²) in [7, 11) is 2.14. The van der Waals surface area contributed by atoms with Crippen LogP contribution in [-0.2, 0) is 0 Å². The molecule has 3 heterocycles. The number of fused-ring (bicyclic) bond motifs is 1. The van der Waals surface area contributed by atoms with Crippen LogP contribution in [0.4, 0.5) is 0 Å². The van der Waals surface area contributed by atoms with Crippen molar-refractivity contribution < 1.29 is 9.47 Å². The fourth-order valence-corrected chi connectivity index (χ4v) is 3.66. The molecule has 1 aromatic heterocycles. The summed E-state index contributed by atoms with van der Waals surface area (Å²) in [6, 6.07) is 16.1. The maximum absolute atomic E-state index is 5.78. The molecule has 3 aromatic rings. The molecule has 0 amide bonds. The van der Waals surface area contributed by atoms with Crippen LogP contribution in [0.1, 0.15) is 5.56 Å². The smallest absolute Gasteiger partial charge is 0.162 e. The van der Waals surface area contributed by atoms with E-state index in [0.29, 0.717) is 13.2 Å². The average molecular weight is 403 g/mol. The van der Waals surface area contributed by atoms with Gasteiger partial charge in [-0.25, -0.2) is 4.68 Å². The molecule has 7 nitrogen and oxygen atoms in total. The van der Waals surface area contributed by atoms with E-state index >= 15 is 0 Å². The van der Waals surface area contributed by atoms with Gasteiger partial charge < -0.3 is 14.4 Å². The Labute approximate surface area is 176 Å². The van der Waals surface area contributed by atoms with Crippen molar-refractivity contribution >= 4 is 6.21 Å². The normalized spacial score (nSPS) is 16.9. The minimum atomic E-state index is 0.562. The zero-order valence-electron chi connectivity index (χ0n) is 17.1. The predicted molar refractivity (Wildman–Crippen MR) is 117 cm³/mol. The lowest BCUT2D eigenvalue weighted by molar-refractivity contribution is 0.159. The summed E-state index contributed by atoms with van der Waals surface area (Å²) in [6.07, 6.45) is 3.95. The van der Waals surface area contributed by atoms with Gasteiger partial charge in [-0.3, -0.25) is 5.01 Å². The summed E-state index contributed by atoms with van der Waals surface area (Å²) in [5.41, 5.74) is 3.83. The first-order valence-electron chi connectivity index (χ1n) is 10.3. The zero-order chi connectivity index (χ0) is 20.3. The van der Waals surface area contributed by atoms with E-state index in [0.717, 1.165) is 60.2 Å². The number of ether oxygens (including phenoxy) is 2. The van der Waals surface area contributed by atoms with Crippen molar-refractivity contribution in [2.24, 2.45) is 5.10 Å². The number of likely N-dealkylation sites (N-methyl/N-ethyl adjacent to an activating group) is 1. The van der Waals surface area contributed by atoms with E-state index in [4.69, 9.17) is 19.7 Å². The van der Waals surface area contributed by atoms with E-state index in [9.17, 15) is 0 Å². The number of hydrogen-bond donors (Lipinski definition) is 0. The maximum atomic E-state index is 5.78. The first-order valence-corrected chi connectivity index (χ1v) is 10.3.